The number of likely N-dealkylation sites (N-methyl/N-ethyl adjacent to an activating group) is 1. The molecule has 4 heteroatoms. The van der Waals surface area contributed by atoms with Crippen LogP contribution in [0.25, 0.3) is 0 Å². The van der Waals surface area contributed by atoms with Crippen molar-refractivity contribution in [1.82, 2.24) is 5.32 Å². The Bertz CT molecular complexity index is 394. The molecule has 0 bridgehead atoms. The molecule has 0 aliphatic carbocycles. The first kappa shape index (κ1) is 15.1. The number of ether oxygens (including phenoxy) is 1. The van der Waals surface area contributed by atoms with Crippen molar-refractivity contribution in [2.24, 2.45) is 0 Å². The average Bonchev–Trinajstić information content (AvgIpc) is 2.31. The van der Waals surface area contributed by atoms with Gasteiger partial charge in [0.25, 0.3) is 0 Å². The van der Waals surface area contributed by atoms with E-state index in [1.165, 1.54) is 12.1 Å². The van der Waals surface area contributed by atoms with Gasteiger partial charge >= 0.3 is 0 Å². The first-order valence-electron chi connectivity index (χ1n) is 6.26. The SMILES string of the molecule is CCNC(COC(C)C)c1c(F)ccc(C)c1F. The van der Waals surface area contributed by atoms with Crippen LogP contribution in [0.3, 0.4) is 0 Å². The van der Waals surface area contributed by atoms with Gasteiger partial charge in [-0.25, -0.2) is 8.78 Å². The standard InChI is InChI=1S/C14H21F2NO/c1-5-17-12(8-18-9(2)3)13-11(15)7-6-10(4)14(13)16/h6-7,9,12,17H,5,8H2,1-4H3. The third kappa shape index (κ3) is 3.75. The highest BCUT2D eigenvalue weighted by Crippen LogP contribution is 2.24. The van der Waals surface area contributed by atoms with Crippen molar-refractivity contribution in [3.8, 4) is 0 Å². The van der Waals surface area contributed by atoms with E-state index in [2.05, 4.69) is 5.32 Å². The van der Waals surface area contributed by atoms with Crippen LogP contribution in [0.15, 0.2) is 12.1 Å². The maximum Gasteiger partial charge on any atom is 0.133 e. The zero-order valence-corrected chi connectivity index (χ0v) is 11.4. The number of rotatable bonds is 6. The molecule has 0 aromatic heterocycles. The van der Waals surface area contributed by atoms with E-state index in [4.69, 9.17) is 4.74 Å². The fourth-order valence-electron chi connectivity index (χ4n) is 1.78. The normalized spacial score (nSPS) is 13.1. The predicted molar refractivity (Wildman–Crippen MR) is 68.6 cm³/mol. The molecule has 0 radical (unpaired) electrons. The molecule has 0 amide bonds. The van der Waals surface area contributed by atoms with Crippen LogP contribution < -0.4 is 5.32 Å². The third-order valence-corrected chi connectivity index (χ3v) is 2.71. The Balaban J connectivity index is 3.01. The Morgan fingerprint density at radius 3 is 2.50 bits per heavy atom. The lowest BCUT2D eigenvalue weighted by Crippen LogP contribution is -2.28. The molecule has 0 fully saturated rings. The van der Waals surface area contributed by atoms with Crippen molar-refractivity contribution < 1.29 is 13.5 Å². The van der Waals surface area contributed by atoms with Crippen LogP contribution in [0.2, 0.25) is 0 Å². The highest BCUT2D eigenvalue weighted by molar-refractivity contribution is 5.29. The summed E-state index contributed by atoms with van der Waals surface area (Å²) < 4.78 is 33.3. The maximum atomic E-state index is 14.0. The highest BCUT2D eigenvalue weighted by Gasteiger charge is 2.21. The van der Waals surface area contributed by atoms with Gasteiger partial charge in [-0.2, -0.15) is 0 Å². The minimum absolute atomic E-state index is 0.0297. The van der Waals surface area contributed by atoms with E-state index in [9.17, 15) is 8.78 Å². The average molecular weight is 257 g/mol. The second-order valence-corrected chi connectivity index (χ2v) is 4.58. The molecule has 0 saturated carbocycles. The quantitative estimate of drug-likeness (QED) is 0.844. The fraction of sp³-hybridized carbons (Fsp3) is 0.571. The number of halogens is 2. The molecule has 1 unspecified atom stereocenters. The van der Waals surface area contributed by atoms with Crippen LogP contribution in [0.4, 0.5) is 8.78 Å². The highest BCUT2D eigenvalue weighted by atomic mass is 19.1. The molecular formula is C14H21F2NO. The molecule has 0 aliphatic heterocycles. The van der Waals surface area contributed by atoms with Gasteiger partial charge in [0.15, 0.2) is 0 Å². The lowest BCUT2D eigenvalue weighted by atomic mass is 10.0. The number of aryl methyl sites for hydroxylation is 1. The monoisotopic (exact) mass is 257 g/mol. The van der Waals surface area contributed by atoms with Gasteiger partial charge < -0.3 is 10.1 Å². The van der Waals surface area contributed by atoms with E-state index in [1.54, 1.807) is 6.92 Å². The minimum Gasteiger partial charge on any atom is -0.377 e. The van der Waals surface area contributed by atoms with Crippen molar-refractivity contribution >= 4 is 0 Å². The number of benzene rings is 1. The fourth-order valence-corrected chi connectivity index (χ4v) is 1.78. The van der Waals surface area contributed by atoms with Crippen molar-refractivity contribution in [3.63, 3.8) is 0 Å². The molecule has 0 aliphatic rings. The predicted octanol–water partition coefficient (Wildman–Crippen LogP) is 3.35. The van der Waals surface area contributed by atoms with Crippen LogP contribution >= 0.6 is 0 Å². The van der Waals surface area contributed by atoms with E-state index in [-0.39, 0.29) is 18.3 Å². The van der Waals surface area contributed by atoms with Gasteiger partial charge in [-0.15, -0.1) is 0 Å². The number of nitrogens with one attached hydrogen (secondary N) is 1. The molecule has 1 rings (SSSR count). The molecule has 1 atom stereocenters. The molecule has 1 N–H and O–H groups in total. The minimum atomic E-state index is -0.531. The molecule has 18 heavy (non-hydrogen) atoms. The molecule has 2 nitrogen and oxygen atoms in total. The van der Waals surface area contributed by atoms with Gasteiger partial charge in [0.2, 0.25) is 0 Å². The van der Waals surface area contributed by atoms with Crippen LogP contribution in [-0.4, -0.2) is 19.3 Å². The van der Waals surface area contributed by atoms with E-state index < -0.39 is 17.7 Å². The Morgan fingerprint density at radius 2 is 1.94 bits per heavy atom. The summed E-state index contributed by atoms with van der Waals surface area (Å²) in [5, 5.41) is 3.06. The van der Waals surface area contributed by atoms with Crippen molar-refractivity contribution in [3.05, 3.63) is 34.9 Å². The Kier molecular flexibility index (Phi) is 5.69. The van der Waals surface area contributed by atoms with E-state index in [1.807, 2.05) is 20.8 Å². The lowest BCUT2D eigenvalue weighted by molar-refractivity contribution is 0.0599. The van der Waals surface area contributed by atoms with Crippen molar-refractivity contribution in [2.45, 2.75) is 39.8 Å². The van der Waals surface area contributed by atoms with Crippen molar-refractivity contribution in [2.75, 3.05) is 13.2 Å². The van der Waals surface area contributed by atoms with Crippen LogP contribution in [0.5, 0.6) is 0 Å². The summed E-state index contributed by atoms with van der Waals surface area (Å²) in [4.78, 5) is 0. The maximum absolute atomic E-state index is 14.0. The molecule has 1 aromatic carbocycles. The summed E-state index contributed by atoms with van der Waals surface area (Å²) in [5.41, 5.74) is 0.511. The summed E-state index contributed by atoms with van der Waals surface area (Å²) in [7, 11) is 0. The topological polar surface area (TPSA) is 21.3 Å². The van der Waals surface area contributed by atoms with Crippen molar-refractivity contribution in [1.29, 1.82) is 0 Å². The second-order valence-electron chi connectivity index (χ2n) is 4.58. The third-order valence-electron chi connectivity index (χ3n) is 2.71. The van der Waals surface area contributed by atoms with Crippen LogP contribution in [-0.2, 0) is 4.74 Å². The Labute approximate surface area is 107 Å². The summed E-state index contributed by atoms with van der Waals surface area (Å²) >= 11 is 0. The summed E-state index contributed by atoms with van der Waals surface area (Å²) in [5.74, 6) is -1.02. The Hall–Kier alpha value is -1.00. The number of hydrogen-bond donors (Lipinski definition) is 1. The second kappa shape index (κ2) is 6.81. The smallest absolute Gasteiger partial charge is 0.133 e. The summed E-state index contributed by atoms with van der Waals surface area (Å²) in [6.07, 6.45) is 0.0297. The van der Waals surface area contributed by atoms with Gasteiger partial charge in [0.05, 0.1) is 18.8 Å². The molecule has 0 heterocycles. The molecule has 1 aromatic rings. The summed E-state index contributed by atoms with van der Waals surface area (Å²) in [6.45, 7) is 8.19. The summed E-state index contributed by atoms with van der Waals surface area (Å²) in [6, 6.07) is 2.28. The Morgan fingerprint density at radius 1 is 1.28 bits per heavy atom. The zero-order valence-electron chi connectivity index (χ0n) is 11.4. The van der Waals surface area contributed by atoms with Gasteiger partial charge in [-0.1, -0.05) is 13.0 Å². The number of hydrogen-bond acceptors (Lipinski definition) is 2. The largest absolute Gasteiger partial charge is 0.377 e. The van der Waals surface area contributed by atoms with Gasteiger partial charge in [-0.3, -0.25) is 0 Å². The van der Waals surface area contributed by atoms with Gasteiger partial charge in [0, 0.05) is 5.56 Å². The first-order valence-corrected chi connectivity index (χ1v) is 6.26. The van der Waals surface area contributed by atoms with E-state index >= 15 is 0 Å². The molecule has 0 saturated heterocycles. The van der Waals surface area contributed by atoms with E-state index in [0.717, 1.165) is 0 Å². The first-order chi connectivity index (χ1) is 8.47. The molecule has 0 spiro atoms. The van der Waals surface area contributed by atoms with E-state index in [0.29, 0.717) is 12.1 Å². The molecule has 102 valence electrons. The van der Waals surface area contributed by atoms with Crippen LogP contribution in [0.1, 0.15) is 37.9 Å². The lowest BCUT2D eigenvalue weighted by Gasteiger charge is -2.21. The molecular weight excluding hydrogens is 236 g/mol. The van der Waals surface area contributed by atoms with Gasteiger partial charge in [0.1, 0.15) is 11.6 Å². The van der Waals surface area contributed by atoms with Crippen LogP contribution in [0, 0.1) is 18.6 Å². The van der Waals surface area contributed by atoms with Gasteiger partial charge in [-0.05, 0) is 38.9 Å². The zero-order chi connectivity index (χ0) is 13.7.